The van der Waals surface area contributed by atoms with Crippen LogP contribution in [0.15, 0.2) is 9.52 Å². The molecule has 0 heterocycles. The summed E-state index contributed by atoms with van der Waals surface area (Å²) in [6.07, 6.45) is 0. The van der Waals surface area contributed by atoms with E-state index in [9.17, 15) is 0 Å². The Hall–Kier alpha value is 4.38. The summed E-state index contributed by atoms with van der Waals surface area (Å²) in [5.41, 5.74) is 0. The summed E-state index contributed by atoms with van der Waals surface area (Å²) in [6, 6.07) is 0. The third kappa shape index (κ3) is 4.82. The van der Waals surface area contributed by atoms with Crippen molar-refractivity contribution in [3.63, 3.8) is 0 Å². The molecule has 0 saturated heterocycles. The van der Waals surface area contributed by atoms with Crippen LogP contribution in [0.3, 0.4) is 0 Å². The Bertz CT molecular complexity index is 503. The molecule has 0 aromatic rings. The molecule has 0 nitrogen and oxygen atoms in total. The zero-order valence-electron chi connectivity index (χ0n) is 10.0. The van der Waals surface area contributed by atoms with E-state index in [1.165, 1.54) is 0 Å². The third-order valence-corrected chi connectivity index (χ3v) is 12.1. The average Bonchev–Trinajstić information content (AvgIpc) is 2.35. The smallest absolute Gasteiger partial charge is 0.0946 e. The molecule has 16 heteroatoms. The van der Waals surface area contributed by atoms with E-state index in [1.54, 1.807) is 0 Å². The Morgan fingerprint density at radius 1 is 0.417 bits per heavy atom. The highest BCUT2D eigenvalue weighted by Crippen LogP contribution is 2.70. The number of rotatable bonds is 5. The van der Waals surface area contributed by atoms with Gasteiger partial charge in [-0.15, -0.1) is 0 Å². The first-order valence-electron chi connectivity index (χ1n) is 4.77. The summed E-state index contributed by atoms with van der Waals surface area (Å²) in [4.78, 5) is 0. The third-order valence-electron chi connectivity index (χ3n) is 2.37. The molecule has 0 amide bonds. The van der Waals surface area contributed by atoms with Crippen LogP contribution in [0.25, 0.3) is 0 Å². The molecule has 0 N–H and O–H groups in total. The second kappa shape index (κ2) is 8.86. The molecule has 0 bridgehead atoms. The molecule has 0 aromatic heterocycles. The fourth-order valence-electron chi connectivity index (χ4n) is 1.03. The van der Waals surface area contributed by atoms with Crippen molar-refractivity contribution in [2.75, 3.05) is 0 Å². The first kappa shape index (κ1) is 28.4. The fraction of sp³-hybridized carbons (Fsp3) is 0.750. The Balaban J connectivity index is 6.47. The van der Waals surface area contributed by atoms with Gasteiger partial charge in [0.05, 0.1) is 5.03 Å². The van der Waals surface area contributed by atoms with Crippen LogP contribution in [-0.4, -0.2) is 25.5 Å². The van der Waals surface area contributed by atoms with Crippen LogP contribution in [0.5, 0.6) is 0 Å². The summed E-state index contributed by atoms with van der Waals surface area (Å²) >= 11 is 94.0. The highest BCUT2D eigenvalue weighted by atomic mass is 35.6. The van der Waals surface area contributed by atoms with Crippen molar-refractivity contribution in [1.82, 2.24) is 0 Å². The van der Waals surface area contributed by atoms with E-state index in [-0.39, 0.29) is 0 Å². The summed E-state index contributed by atoms with van der Waals surface area (Å²) in [7, 11) is 0. The van der Waals surface area contributed by atoms with Gasteiger partial charge in [-0.25, -0.2) is 0 Å². The highest BCUT2D eigenvalue weighted by molar-refractivity contribution is 6.82. The topological polar surface area (TPSA) is 0 Å². The van der Waals surface area contributed by atoms with Crippen LogP contribution in [0.4, 0.5) is 0 Å². The van der Waals surface area contributed by atoms with Crippen molar-refractivity contribution in [3.05, 3.63) is 9.52 Å². The first-order chi connectivity index (χ1) is 10.1. The zero-order valence-corrected chi connectivity index (χ0v) is 22.1. The maximum Gasteiger partial charge on any atom is 0.226 e. The van der Waals surface area contributed by atoms with Crippen LogP contribution < -0.4 is 0 Å². The van der Waals surface area contributed by atoms with Gasteiger partial charge in [0.25, 0.3) is 0 Å². The molecule has 0 spiro atoms. The van der Waals surface area contributed by atoms with Gasteiger partial charge in [-0.1, -0.05) is 186 Å². The molecule has 144 valence electrons. The molecule has 0 fully saturated rings. The van der Waals surface area contributed by atoms with Gasteiger partial charge in [0.15, 0.2) is 17.3 Å². The predicted octanol–water partition coefficient (Wildman–Crippen LogP) is 10.1. The molecule has 0 aromatic carbocycles. The van der Waals surface area contributed by atoms with Crippen LogP contribution in [0, 0.1) is 0 Å². The van der Waals surface area contributed by atoms with Gasteiger partial charge in [-0.05, 0) is 0 Å². The summed E-state index contributed by atoms with van der Waals surface area (Å²) in [5, 5.41) is -0.669. The average molecular weight is 663 g/mol. The molecule has 0 aliphatic heterocycles. The van der Waals surface area contributed by atoms with Gasteiger partial charge in [0.1, 0.15) is 4.49 Å². The molecule has 0 rings (SSSR count). The van der Waals surface area contributed by atoms with Crippen molar-refractivity contribution in [1.29, 1.82) is 0 Å². The molecular weight excluding hydrogens is 663 g/mol. The number of halogens is 16. The molecule has 0 aliphatic carbocycles. The molecular formula is C8Cl16. The Morgan fingerprint density at radius 2 is 0.708 bits per heavy atom. The highest BCUT2D eigenvalue weighted by Gasteiger charge is 2.77. The van der Waals surface area contributed by atoms with Gasteiger partial charge in [-0.2, -0.15) is 0 Å². The van der Waals surface area contributed by atoms with Crippen LogP contribution in [0.2, 0.25) is 0 Å². The Labute approximate surface area is 217 Å². The van der Waals surface area contributed by atoms with Crippen molar-refractivity contribution < 1.29 is 0 Å². The summed E-state index contributed by atoms with van der Waals surface area (Å²) < 4.78 is -16.8. The summed E-state index contributed by atoms with van der Waals surface area (Å²) in [5.74, 6) is 0. The van der Waals surface area contributed by atoms with Gasteiger partial charge in [0, 0.05) is 0 Å². The van der Waals surface area contributed by atoms with E-state index in [0.717, 1.165) is 0 Å². The molecule has 0 unspecified atom stereocenters. The van der Waals surface area contributed by atoms with E-state index in [4.69, 9.17) is 186 Å². The zero-order chi connectivity index (χ0) is 20.2. The second-order valence-corrected chi connectivity index (χ2v) is 14.2. The molecule has 24 heavy (non-hydrogen) atoms. The number of hydrogen-bond donors (Lipinski definition) is 0. The largest absolute Gasteiger partial charge is 0.226 e. The maximum absolute atomic E-state index is 6.10. The maximum atomic E-state index is 6.10. The van der Waals surface area contributed by atoms with Gasteiger partial charge in [-0.3, -0.25) is 0 Å². The quantitative estimate of drug-likeness (QED) is 0.257. The lowest BCUT2D eigenvalue weighted by atomic mass is 10.1. The van der Waals surface area contributed by atoms with Crippen LogP contribution in [-0.2, 0) is 0 Å². The lowest BCUT2D eigenvalue weighted by molar-refractivity contribution is 0.518. The molecule has 0 radical (unpaired) electrons. The van der Waals surface area contributed by atoms with E-state index in [1.807, 2.05) is 0 Å². The Morgan fingerprint density at radius 3 is 0.958 bits per heavy atom. The second-order valence-electron chi connectivity index (χ2n) is 3.94. The van der Waals surface area contributed by atoms with Crippen molar-refractivity contribution in [2.45, 2.75) is 25.5 Å². The standard InChI is InChI=1S/C8Cl16/c9-1(2(10)11)3(12,13)4(14,15)5(16,17)6(18,19)7(20,21)8(22,23)24. The predicted molar refractivity (Wildman–Crippen MR) is 117 cm³/mol. The van der Waals surface area contributed by atoms with Crippen LogP contribution in [0.1, 0.15) is 0 Å². The van der Waals surface area contributed by atoms with Gasteiger partial charge in [0.2, 0.25) is 8.13 Å². The monoisotopic (exact) mass is 656 g/mol. The van der Waals surface area contributed by atoms with E-state index in [0.29, 0.717) is 0 Å². The molecule has 0 saturated carbocycles. The number of allylic oxidation sites excluding steroid dienone is 1. The Kier molecular flexibility index (Phi) is 10.5. The van der Waals surface area contributed by atoms with Gasteiger partial charge < -0.3 is 0 Å². The minimum atomic E-state index is -2.83. The minimum absolute atomic E-state index is 0.615. The fourth-order valence-corrected chi connectivity index (χ4v) is 5.40. The first-order valence-corrected chi connectivity index (χ1v) is 10.8. The van der Waals surface area contributed by atoms with E-state index < -0.39 is 35.0 Å². The lowest BCUT2D eigenvalue weighted by Gasteiger charge is -2.50. The van der Waals surface area contributed by atoms with Crippen molar-refractivity contribution in [3.8, 4) is 0 Å². The van der Waals surface area contributed by atoms with E-state index >= 15 is 0 Å². The number of hydrogen-bond acceptors (Lipinski definition) is 0. The number of alkyl halides is 13. The SMILES string of the molecule is ClC(Cl)=C(Cl)C(Cl)(Cl)C(Cl)(Cl)C(Cl)(Cl)C(Cl)(Cl)C(Cl)(Cl)C(Cl)(Cl)Cl. The van der Waals surface area contributed by atoms with Gasteiger partial charge >= 0.3 is 0 Å². The van der Waals surface area contributed by atoms with Crippen molar-refractivity contribution in [2.24, 2.45) is 0 Å². The molecule has 0 aliphatic rings. The lowest BCUT2D eigenvalue weighted by Crippen LogP contribution is -2.65. The summed E-state index contributed by atoms with van der Waals surface area (Å²) in [6.45, 7) is 0. The normalized spacial score (nSPS) is 15.5. The van der Waals surface area contributed by atoms with Crippen molar-refractivity contribution >= 4 is 186 Å². The molecule has 0 atom stereocenters. The van der Waals surface area contributed by atoms with E-state index in [2.05, 4.69) is 0 Å². The minimum Gasteiger partial charge on any atom is -0.0946 e. The van der Waals surface area contributed by atoms with Crippen LogP contribution >= 0.6 is 186 Å².